The second kappa shape index (κ2) is 6.67. The molecule has 0 amide bonds. The van der Waals surface area contributed by atoms with E-state index < -0.39 is 0 Å². The molecule has 0 spiro atoms. The maximum Gasteiger partial charge on any atom is 0.227 e. The monoisotopic (exact) mass is 355 g/mol. The molecule has 0 N–H and O–H groups in total. The molecule has 0 saturated carbocycles. The lowest BCUT2D eigenvalue weighted by Crippen LogP contribution is -3.00. The summed E-state index contributed by atoms with van der Waals surface area (Å²) in [4.78, 5) is 11.9. The van der Waals surface area contributed by atoms with Gasteiger partial charge in [0, 0.05) is 11.6 Å². The Morgan fingerprint density at radius 3 is 2.47 bits per heavy atom. The van der Waals surface area contributed by atoms with Crippen molar-refractivity contribution in [2.75, 3.05) is 0 Å². The highest BCUT2D eigenvalue weighted by molar-refractivity contribution is 9.10. The van der Waals surface area contributed by atoms with Gasteiger partial charge >= 0.3 is 0 Å². The Morgan fingerprint density at radius 2 is 1.82 bits per heavy atom. The maximum atomic E-state index is 11.9. The maximum absolute atomic E-state index is 11.9. The molecule has 0 bridgehead atoms. The molecule has 0 aliphatic carbocycles. The zero-order valence-corrected chi connectivity index (χ0v) is 12.2. The van der Waals surface area contributed by atoms with Crippen molar-refractivity contribution in [3.8, 4) is 0 Å². The number of Topliss-reactive ketones (excluding diaryl/α,β-unsaturated/α-hetero) is 1. The molecule has 4 heteroatoms. The molecule has 17 heavy (non-hydrogen) atoms. The Hall–Kier alpha value is -1.00. The van der Waals surface area contributed by atoms with E-state index in [1.807, 2.05) is 59.4 Å². The van der Waals surface area contributed by atoms with E-state index in [1.54, 1.807) is 0 Å². The third-order valence-electron chi connectivity index (χ3n) is 2.24. The van der Waals surface area contributed by atoms with Crippen LogP contribution in [0.1, 0.15) is 10.4 Å². The van der Waals surface area contributed by atoms with Crippen LogP contribution in [0.4, 0.5) is 0 Å². The number of pyridine rings is 1. The standard InChI is InChI=1S/C13H11BrNO.BrH/c14-12-7-4-8-15(9-12)10-13(16)11-5-2-1-3-6-11;/h1-9H,10H2;1H/q+1;/p-1. The number of hydrogen-bond donors (Lipinski definition) is 0. The number of hydrogen-bond acceptors (Lipinski definition) is 1. The summed E-state index contributed by atoms with van der Waals surface area (Å²) in [6.07, 6.45) is 3.77. The SMILES string of the molecule is O=C(C[n+]1cccc(Br)c1)c1ccccc1.[Br-]. The van der Waals surface area contributed by atoms with E-state index >= 15 is 0 Å². The van der Waals surface area contributed by atoms with Crippen molar-refractivity contribution in [1.29, 1.82) is 0 Å². The number of halogens is 2. The molecule has 1 heterocycles. The number of carbonyl (C=O) groups excluding carboxylic acids is 1. The highest BCUT2D eigenvalue weighted by Crippen LogP contribution is 2.04. The zero-order chi connectivity index (χ0) is 11.4. The average Bonchev–Trinajstić information content (AvgIpc) is 2.30. The van der Waals surface area contributed by atoms with Crippen LogP contribution in [-0.2, 0) is 6.54 Å². The molecule has 1 aromatic heterocycles. The van der Waals surface area contributed by atoms with Crippen LogP contribution < -0.4 is 21.5 Å². The Kier molecular flexibility index (Phi) is 5.51. The lowest BCUT2D eigenvalue weighted by atomic mass is 10.1. The minimum Gasteiger partial charge on any atom is -1.00 e. The summed E-state index contributed by atoms with van der Waals surface area (Å²) in [5.74, 6) is 0.115. The Bertz CT molecular complexity index is 500. The Labute approximate surface area is 119 Å². The van der Waals surface area contributed by atoms with Crippen LogP contribution in [0.25, 0.3) is 0 Å². The normalized spacial score (nSPS) is 9.47. The van der Waals surface area contributed by atoms with Gasteiger partial charge in [0.25, 0.3) is 0 Å². The second-order valence-corrected chi connectivity index (χ2v) is 4.40. The summed E-state index contributed by atoms with van der Waals surface area (Å²) >= 11 is 3.38. The number of aromatic nitrogens is 1. The Balaban J connectivity index is 0.00000144. The number of benzene rings is 1. The van der Waals surface area contributed by atoms with Crippen LogP contribution in [0.3, 0.4) is 0 Å². The highest BCUT2D eigenvalue weighted by Gasteiger charge is 2.11. The van der Waals surface area contributed by atoms with Gasteiger partial charge in [-0.1, -0.05) is 30.3 Å². The van der Waals surface area contributed by atoms with E-state index in [2.05, 4.69) is 15.9 Å². The molecular formula is C13H11Br2NO. The third-order valence-corrected chi connectivity index (χ3v) is 2.71. The van der Waals surface area contributed by atoms with Crippen LogP contribution in [-0.4, -0.2) is 5.78 Å². The second-order valence-electron chi connectivity index (χ2n) is 3.48. The molecule has 0 unspecified atom stereocenters. The fourth-order valence-electron chi connectivity index (χ4n) is 1.47. The molecule has 2 rings (SSSR count). The quantitative estimate of drug-likeness (QED) is 0.542. The van der Waals surface area contributed by atoms with Gasteiger partial charge < -0.3 is 17.0 Å². The van der Waals surface area contributed by atoms with Crippen molar-refractivity contribution in [3.05, 3.63) is 64.9 Å². The van der Waals surface area contributed by atoms with Crippen LogP contribution in [0.2, 0.25) is 0 Å². The van der Waals surface area contributed by atoms with Crippen molar-refractivity contribution in [3.63, 3.8) is 0 Å². The summed E-state index contributed by atoms with van der Waals surface area (Å²) < 4.78 is 2.83. The first kappa shape index (κ1) is 14.1. The van der Waals surface area contributed by atoms with E-state index in [1.165, 1.54) is 0 Å². The largest absolute Gasteiger partial charge is 1.00 e. The molecular weight excluding hydrogens is 346 g/mol. The van der Waals surface area contributed by atoms with Crippen molar-refractivity contribution >= 4 is 21.7 Å². The number of ketones is 1. The number of nitrogens with zero attached hydrogens (tertiary/aromatic N) is 1. The fourth-order valence-corrected chi connectivity index (χ4v) is 1.89. The lowest BCUT2D eigenvalue weighted by molar-refractivity contribution is -0.683. The minimum atomic E-state index is 0. The van der Waals surface area contributed by atoms with E-state index in [4.69, 9.17) is 0 Å². The Morgan fingerprint density at radius 1 is 1.12 bits per heavy atom. The molecule has 0 aliphatic heterocycles. The summed E-state index contributed by atoms with van der Waals surface area (Å²) in [5.41, 5.74) is 0.745. The van der Waals surface area contributed by atoms with E-state index in [-0.39, 0.29) is 22.8 Å². The molecule has 0 radical (unpaired) electrons. The molecule has 1 aromatic carbocycles. The predicted molar refractivity (Wildman–Crippen MR) is 65.1 cm³/mol. The van der Waals surface area contributed by atoms with Crippen molar-refractivity contribution in [2.45, 2.75) is 6.54 Å². The number of carbonyl (C=O) groups is 1. The lowest BCUT2D eigenvalue weighted by Gasteiger charge is -1.97. The summed E-state index contributed by atoms with van der Waals surface area (Å²) in [5, 5.41) is 0. The van der Waals surface area contributed by atoms with Crippen molar-refractivity contribution in [1.82, 2.24) is 0 Å². The number of rotatable bonds is 3. The van der Waals surface area contributed by atoms with Crippen molar-refractivity contribution in [2.24, 2.45) is 0 Å². The van der Waals surface area contributed by atoms with Gasteiger partial charge in [-0.05, 0) is 22.0 Å². The van der Waals surface area contributed by atoms with Gasteiger partial charge in [0.05, 0.1) is 4.47 Å². The molecule has 0 saturated heterocycles. The first-order valence-electron chi connectivity index (χ1n) is 4.98. The van der Waals surface area contributed by atoms with E-state index in [0.29, 0.717) is 6.54 Å². The van der Waals surface area contributed by atoms with Crippen LogP contribution >= 0.6 is 15.9 Å². The molecule has 0 atom stereocenters. The van der Waals surface area contributed by atoms with E-state index in [0.717, 1.165) is 10.0 Å². The van der Waals surface area contributed by atoms with Gasteiger partial charge in [-0.2, -0.15) is 4.57 Å². The van der Waals surface area contributed by atoms with E-state index in [9.17, 15) is 4.79 Å². The molecule has 0 aliphatic rings. The molecule has 88 valence electrons. The first-order valence-corrected chi connectivity index (χ1v) is 5.78. The average molecular weight is 357 g/mol. The van der Waals surface area contributed by atoms with Gasteiger partial charge in [0.2, 0.25) is 12.3 Å². The highest BCUT2D eigenvalue weighted by atomic mass is 79.9. The van der Waals surface area contributed by atoms with Crippen molar-refractivity contribution < 1.29 is 26.3 Å². The molecule has 2 aromatic rings. The predicted octanol–water partition coefficient (Wildman–Crippen LogP) is -0.377. The smallest absolute Gasteiger partial charge is 0.227 e. The zero-order valence-electron chi connectivity index (χ0n) is 9.01. The first-order chi connectivity index (χ1) is 7.75. The van der Waals surface area contributed by atoms with Gasteiger partial charge in [0.15, 0.2) is 12.4 Å². The van der Waals surface area contributed by atoms with Gasteiger partial charge in [-0.25, -0.2) is 0 Å². The minimum absolute atomic E-state index is 0. The van der Waals surface area contributed by atoms with Gasteiger partial charge in [-0.15, -0.1) is 0 Å². The van der Waals surface area contributed by atoms with Gasteiger partial charge in [0.1, 0.15) is 0 Å². The molecule has 2 nitrogen and oxygen atoms in total. The fraction of sp³-hybridized carbons (Fsp3) is 0.0769. The van der Waals surface area contributed by atoms with Gasteiger partial charge in [-0.3, -0.25) is 4.79 Å². The van der Waals surface area contributed by atoms with Crippen LogP contribution in [0, 0.1) is 0 Å². The third kappa shape index (κ3) is 4.06. The van der Waals surface area contributed by atoms with Crippen LogP contribution in [0.5, 0.6) is 0 Å². The summed E-state index contributed by atoms with van der Waals surface area (Å²) in [6, 6.07) is 13.2. The summed E-state index contributed by atoms with van der Waals surface area (Å²) in [6.45, 7) is 0.365. The topological polar surface area (TPSA) is 20.9 Å². The van der Waals surface area contributed by atoms with Crippen LogP contribution in [0.15, 0.2) is 59.3 Å². The summed E-state index contributed by atoms with van der Waals surface area (Å²) in [7, 11) is 0. The molecule has 0 fully saturated rings.